The number of Topliss-reactive ketones (excluding diaryl/α,β-unsaturated/α-hetero) is 2. The molecule has 2 aromatic rings. The molecule has 1 aliphatic rings. The number of hydrogen-bond acceptors (Lipinski definition) is 4. The molecular formula is C24H28ClN2O4+. The highest BCUT2D eigenvalue weighted by atomic mass is 35.5. The first-order chi connectivity index (χ1) is 14.7. The molecule has 31 heavy (non-hydrogen) atoms. The maximum atomic E-state index is 13.4. The highest BCUT2D eigenvalue weighted by molar-refractivity contribution is 6.44. The fraction of sp³-hybridized carbons (Fsp3) is 0.375. The Morgan fingerprint density at radius 2 is 1.68 bits per heavy atom. The fourth-order valence-electron chi connectivity index (χ4n) is 3.75. The van der Waals surface area contributed by atoms with Gasteiger partial charge < -0.3 is 14.5 Å². The number of likely N-dealkylation sites (tertiary alicyclic amines) is 1. The third kappa shape index (κ3) is 5.14. The highest BCUT2D eigenvalue weighted by Gasteiger charge is 2.51. The van der Waals surface area contributed by atoms with Crippen LogP contribution < -0.4 is 9.64 Å². The molecule has 1 amide bonds. The van der Waals surface area contributed by atoms with Gasteiger partial charge in [-0.25, -0.2) is 0 Å². The van der Waals surface area contributed by atoms with Gasteiger partial charge in [-0.1, -0.05) is 23.7 Å². The first-order valence-electron chi connectivity index (χ1n) is 10.4. The van der Waals surface area contributed by atoms with E-state index in [4.69, 9.17) is 16.3 Å². The van der Waals surface area contributed by atoms with E-state index in [2.05, 4.69) is 0 Å². The summed E-state index contributed by atoms with van der Waals surface area (Å²) in [5.74, 6) is -2.09. The smallest absolute Gasteiger partial charge is 0.291 e. The maximum Gasteiger partial charge on any atom is 0.291 e. The van der Waals surface area contributed by atoms with Crippen LogP contribution in [0.1, 0.15) is 35.8 Å². The Hall–Kier alpha value is -2.70. The SMILES string of the molecule is CC(C)Oc1ccc(C(=O)C2C(=O)C(=O)N(CC[NH+](C)C)C2c2ccc(Cl)cc2)cc1. The van der Waals surface area contributed by atoms with Crippen molar-refractivity contribution in [2.45, 2.75) is 26.0 Å². The number of ketones is 2. The Morgan fingerprint density at radius 3 is 2.23 bits per heavy atom. The molecule has 0 radical (unpaired) electrons. The Balaban J connectivity index is 1.96. The summed E-state index contributed by atoms with van der Waals surface area (Å²) in [6.07, 6.45) is 0.0113. The van der Waals surface area contributed by atoms with Crippen molar-refractivity contribution in [3.63, 3.8) is 0 Å². The van der Waals surface area contributed by atoms with E-state index in [1.807, 2.05) is 27.9 Å². The quantitative estimate of drug-likeness (QED) is 0.386. The van der Waals surface area contributed by atoms with E-state index in [9.17, 15) is 14.4 Å². The predicted octanol–water partition coefficient (Wildman–Crippen LogP) is 2.22. The number of rotatable bonds is 8. The second kappa shape index (κ2) is 9.62. The predicted molar refractivity (Wildman–Crippen MR) is 119 cm³/mol. The van der Waals surface area contributed by atoms with E-state index >= 15 is 0 Å². The van der Waals surface area contributed by atoms with Gasteiger partial charge >= 0.3 is 0 Å². The molecule has 0 spiro atoms. The van der Waals surface area contributed by atoms with Crippen molar-refractivity contribution in [3.05, 3.63) is 64.7 Å². The fourth-order valence-corrected chi connectivity index (χ4v) is 3.88. The van der Waals surface area contributed by atoms with Crippen molar-refractivity contribution in [1.29, 1.82) is 0 Å². The van der Waals surface area contributed by atoms with Crippen LogP contribution >= 0.6 is 11.6 Å². The molecule has 2 aromatic carbocycles. The van der Waals surface area contributed by atoms with Crippen molar-refractivity contribution in [1.82, 2.24) is 4.90 Å². The van der Waals surface area contributed by atoms with Crippen LogP contribution in [0.2, 0.25) is 5.02 Å². The normalized spacial score (nSPS) is 18.9. The van der Waals surface area contributed by atoms with E-state index in [0.717, 1.165) is 10.5 Å². The standard InChI is InChI=1S/C24H27ClN2O4/c1-15(2)31-19-11-7-17(8-12-19)22(28)20-21(16-5-9-18(25)10-6-16)27(14-13-26(3)4)24(30)23(20)29/h5-12,15,20-21H,13-14H2,1-4H3/p+1. The van der Waals surface area contributed by atoms with E-state index in [1.165, 1.54) is 4.90 Å². The van der Waals surface area contributed by atoms with Gasteiger partial charge in [-0.15, -0.1) is 0 Å². The number of halogens is 1. The summed E-state index contributed by atoms with van der Waals surface area (Å²) in [4.78, 5) is 41.9. The number of amides is 1. The van der Waals surface area contributed by atoms with Crippen LogP contribution in [0.15, 0.2) is 48.5 Å². The molecule has 1 N–H and O–H groups in total. The van der Waals surface area contributed by atoms with Gasteiger partial charge in [0.25, 0.3) is 5.91 Å². The molecule has 0 bridgehead atoms. The number of carbonyl (C=O) groups is 3. The summed E-state index contributed by atoms with van der Waals surface area (Å²) in [5, 5.41) is 0.548. The minimum Gasteiger partial charge on any atom is -0.491 e. The summed E-state index contributed by atoms with van der Waals surface area (Å²) in [7, 11) is 3.95. The summed E-state index contributed by atoms with van der Waals surface area (Å²) in [5.41, 5.74) is 1.09. The van der Waals surface area contributed by atoms with E-state index in [1.54, 1.807) is 48.5 Å². The van der Waals surface area contributed by atoms with Crippen LogP contribution in [0, 0.1) is 5.92 Å². The third-order valence-corrected chi connectivity index (χ3v) is 5.51. The lowest BCUT2D eigenvalue weighted by Gasteiger charge is -2.27. The largest absolute Gasteiger partial charge is 0.491 e. The Labute approximate surface area is 187 Å². The minimum atomic E-state index is -1.09. The maximum absolute atomic E-state index is 13.4. The first kappa shape index (κ1) is 23.0. The van der Waals surface area contributed by atoms with Crippen molar-refractivity contribution >= 4 is 29.1 Å². The monoisotopic (exact) mass is 443 g/mol. The van der Waals surface area contributed by atoms with Crippen LogP contribution in [-0.4, -0.2) is 55.7 Å². The molecule has 0 aliphatic carbocycles. The molecule has 1 aliphatic heterocycles. The van der Waals surface area contributed by atoms with Crippen LogP contribution in [0.25, 0.3) is 0 Å². The van der Waals surface area contributed by atoms with Crippen molar-refractivity contribution in [2.75, 3.05) is 27.2 Å². The van der Waals surface area contributed by atoms with Gasteiger partial charge in [0.1, 0.15) is 11.7 Å². The molecule has 3 rings (SSSR count). The Bertz CT molecular complexity index is 955. The first-order valence-corrected chi connectivity index (χ1v) is 10.8. The Morgan fingerprint density at radius 1 is 1.06 bits per heavy atom. The minimum absolute atomic E-state index is 0.0113. The van der Waals surface area contributed by atoms with Crippen molar-refractivity contribution in [3.8, 4) is 5.75 Å². The molecule has 1 fully saturated rings. The topological polar surface area (TPSA) is 68.1 Å². The number of benzene rings is 2. The van der Waals surface area contributed by atoms with Crippen LogP contribution in [-0.2, 0) is 9.59 Å². The van der Waals surface area contributed by atoms with E-state index in [-0.39, 0.29) is 11.9 Å². The summed E-state index contributed by atoms with van der Waals surface area (Å²) in [6, 6.07) is 13.0. The van der Waals surface area contributed by atoms with Crippen molar-refractivity contribution < 1.29 is 24.0 Å². The number of quaternary nitrogens is 1. The second-order valence-corrected chi connectivity index (χ2v) is 8.79. The van der Waals surface area contributed by atoms with Gasteiger partial charge in [-0.2, -0.15) is 0 Å². The molecule has 0 aromatic heterocycles. The van der Waals surface area contributed by atoms with Crippen molar-refractivity contribution in [2.24, 2.45) is 5.92 Å². The number of nitrogens with zero attached hydrogens (tertiary/aromatic N) is 1. The number of hydrogen-bond donors (Lipinski definition) is 1. The average molecular weight is 444 g/mol. The number of nitrogens with one attached hydrogen (secondary N) is 1. The zero-order valence-corrected chi connectivity index (χ0v) is 19.0. The molecule has 2 atom stereocenters. The van der Waals surface area contributed by atoms with Gasteiger partial charge in [-0.05, 0) is 55.8 Å². The molecule has 0 saturated carbocycles. The number of ether oxygens (including phenoxy) is 1. The average Bonchev–Trinajstić information content (AvgIpc) is 2.97. The Kier molecular flexibility index (Phi) is 7.13. The third-order valence-electron chi connectivity index (χ3n) is 5.26. The summed E-state index contributed by atoms with van der Waals surface area (Å²) < 4.78 is 5.63. The number of likely N-dealkylation sites (N-methyl/N-ethyl adjacent to an activating group) is 1. The van der Waals surface area contributed by atoms with Gasteiger partial charge in [0.2, 0.25) is 5.78 Å². The molecule has 1 saturated heterocycles. The zero-order chi connectivity index (χ0) is 22.7. The molecule has 2 unspecified atom stereocenters. The summed E-state index contributed by atoms with van der Waals surface area (Å²) in [6.45, 7) is 4.88. The van der Waals surface area contributed by atoms with Crippen LogP contribution in [0.5, 0.6) is 5.75 Å². The molecule has 7 heteroatoms. The lowest BCUT2D eigenvalue weighted by atomic mass is 9.86. The number of carbonyl (C=O) groups excluding carboxylic acids is 3. The van der Waals surface area contributed by atoms with Crippen LogP contribution in [0.4, 0.5) is 0 Å². The van der Waals surface area contributed by atoms with Gasteiger partial charge in [0.05, 0.1) is 39.3 Å². The molecule has 1 heterocycles. The lowest BCUT2D eigenvalue weighted by molar-refractivity contribution is -0.857. The van der Waals surface area contributed by atoms with Crippen LogP contribution in [0.3, 0.4) is 0 Å². The summed E-state index contributed by atoms with van der Waals surface area (Å²) >= 11 is 6.03. The highest BCUT2D eigenvalue weighted by Crippen LogP contribution is 2.38. The van der Waals surface area contributed by atoms with Gasteiger partial charge in [-0.3, -0.25) is 14.4 Å². The molecular weight excluding hydrogens is 416 g/mol. The molecule has 164 valence electrons. The molecule has 6 nitrogen and oxygen atoms in total. The van der Waals surface area contributed by atoms with Gasteiger partial charge in [0, 0.05) is 10.6 Å². The lowest BCUT2D eigenvalue weighted by Crippen LogP contribution is -3.06. The van der Waals surface area contributed by atoms with E-state index in [0.29, 0.717) is 29.4 Å². The second-order valence-electron chi connectivity index (χ2n) is 8.35. The van der Waals surface area contributed by atoms with E-state index < -0.39 is 23.7 Å². The zero-order valence-electron chi connectivity index (χ0n) is 18.2. The van der Waals surface area contributed by atoms with Gasteiger partial charge in [0.15, 0.2) is 5.78 Å².